The van der Waals surface area contributed by atoms with Gasteiger partial charge in [-0.2, -0.15) is 0 Å². The number of hydrogen-bond donors (Lipinski definition) is 2. The summed E-state index contributed by atoms with van der Waals surface area (Å²) in [5.74, 6) is -0.680. The summed E-state index contributed by atoms with van der Waals surface area (Å²) >= 11 is 0. The maximum atomic E-state index is 13.0. The van der Waals surface area contributed by atoms with Gasteiger partial charge in [0.15, 0.2) is 5.58 Å². The zero-order valence-corrected chi connectivity index (χ0v) is 15.2. The molecule has 138 valence electrons. The molecule has 0 aliphatic heterocycles. The fourth-order valence-corrected chi connectivity index (χ4v) is 4.53. The number of hydrogen-bond acceptors (Lipinski definition) is 6. The van der Waals surface area contributed by atoms with Crippen LogP contribution in [0.3, 0.4) is 0 Å². The van der Waals surface area contributed by atoms with E-state index in [1.54, 1.807) is 6.92 Å². The minimum absolute atomic E-state index is 0.0422. The largest absolute Gasteiger partial charge is 0.417 e. The Kier molecular flexibility index (Phi) is 4.38. The number of anilines is 1. The lowest BCUT2D eigenvalue weighted by atomic mass is 10.3. The van der Waals surface area contributed by atoms with Gasteiger partial charge in [-0.1, -0.05) is 0 Å². The van der Waals surface area contributed by atoms with Gasteiger partial charge in [0.2, 0.25) is 10.0 Å². The quantitative estimate of drug-likeness (QED) is 0.657. The molecule has 1 heterocycles. The van der Waals surface area contributed by atoms with Gasteiger partial charge in [0, 0.05) is 6.54 Å². The van der Waals surface area contributed by atoms with Crippen LogP contribution in [0.15, 0.2) is 61.5 Å². The van der Waals surface area contributed by atoms with E-state index in [2.05, 4.69) is 4.98 Å². The molecule has 0 amide bonds. The van der Waals surface area contributed by atoms with Crippen LogP contribution in [0.1, 0.15) is 6.92 Å². The molecule has 26 heavy (non-hydrogen) atoms. The summed E-state index contributed by atoms with van der Waals surface area (Å²) in [6, 6.07) is 9.21. The predicted molar refractivity (Wildman–Crippen MR) is 94.9 cm³/mol. The summed E-state index contributed by atoms with van der Waals surface area (Å²) in [4.78, 5) is 13.5. The number of aromatic nitrogens is 1. The Morgan fingerprint density at radius 2 is 1.65 bits per heavy atom. The molecule has 0 spiro atoms. The normalized spacial score (nSPS) is 12.4. The van der Waals surface area contributed by atoms with E-state index in [4.69, 9.17) is 9.56 Å². The molecule has 0 aliphatic carbocycles. The SMILES string of the molecule is CCN(c1ccc(S(N)(=O)=O)cc1)S(=O)(=O)c1ccc2oc(=O)[nH]c2c1. The van der Waals surface area contributed by atoms with Crippen LogP contribution < -0.4 is 15.2 Å². The number of primary sulfonamides is 1. The summed E-state index contributed by atoms with van der Waals surface area (Å²) in [6.45, 7) is 1.75. The number of sulfonamides is 2. The lowest BCUT2D eigenvalue weighted by molar-refractivity contribution is 0.555. The minimum Gasteiger partial charge on any atom is -0.408 e. The highest BCUT2D eigenvalue weighted by molar-refractivity contribution is 7.92. The average Bonchev–Trinajstić information content (AvgIpc) is 2.94. The Hall–Kier alpha value is -2.63. The third-order valence-corrected chi connectivity index (χ3v) is 6.55. The van der Waals surface area contributed by atoms with E-state index < -0.39 is 25.8 Å². The average molecular weight is 397 g/mol. The van der Waals surface area contributed by atoms with Crippen molar-refractivity contribution in [1.29, 1.82) is 0 Å². The van der Waals surface area contributed by atoms with Crippen LogP contribution >= 0.6 is 0 Å². The number of nitrogens with two attached hydrogens (primary N) is 1. The van der Waals surface area contributed by atoms with E-state index in [1.807, 2.05) is 0 Å². The van der Waals surface area contributed by atoms with E-state index in [0.29, 0.717) is 0 Å². The Morgan fingerprint density at radius 1 is 1.04 bits per heavy atom. The number of oxazole rings is 1. The number of aromatic amines is 1. The van der Waals surface area contributed by atoms with Crippen LogP contribution in [0.25, 0.3) is 11.1 Å². The first-order valence-corrected chi connectivity index (χ1v) is 10.4. The molecule has 0 bridgehead atoms. The molecule has 0 unspecified atom stereocenters. The second kappa shape index (κ2) is 6.27. The highest BCUT2D eigenvalue weighted by atomic mass is 32.2. The monoisotopic (exact) mass is 397 g/mol. The number of fused-ring (bicyclic) bond motifs is 1. The minimum atomic E-state index is -3.95. The zero-order chi connectivity index (χ0) is 19.1. The van der Waals surface area contributed by atoms with Gasteiger partial charge in [0.05, 0.1) is 21.0 Å². The fraction of sp³-hybridized carbons (Fsp3) is 0.133. The fourth-order valence-electron chi connectivity index (χ4n) is 2.51. The Bertz CT molecular complexity index is 1220. The molecule has 1 aromatic heterocycles. The number of rotatable bonds is 5. The second-order valence-electron chi connectivity index (χ2n) is 5.38. The van der Waals surface area contributed by atoms with E-state index in [1.165, 1.54) is 42.5 Å². The van der Waals surface area contributed by atoms with Crippen molar-refractivity contribution in [3.8, 4) is 0 Å². The summed E-state index contributed by atoms with van der Waals surface area (Å²) in [5, 5.41) is 5.05. The van der Waals surface area contributed by atoms with E-state index in [-0.39, 0.29) is 33.1 Å². The molecule has 0 aliphatic rings. The number of nitrogens with zero attached hydrogens (tertiary/aromatic N) is 1. The molecular formula is C15H15N3O6S2. The molecule has 3 N–H and O–H groups in total. The van der Waals surface area contributed by atoms with Crippen LogP contribution in [0, 0.1) is 0 Å². The summed E-state index contributed by atoms with van der Waals surface area (Å²) in [5.41, 5.74) is 0.784. The highest BCUT2D eigenvalue weighted by Gasteiger charge is 2.24. The third-order valence-electron chi connectivity index (χ3n) is 3.72. The molecular weight excluding hydrogens is 382 g/mol. The molecule has 9 nitrogen and oxygen atoms in total. The van der Waals surface area contributed by atoms with Gasteiger partial charge in [-0.05, 0) is 49.4 Å². The van der Waals surface area contributed by atoms with Crippen molar-refractivity contribution in [2.45, 2.75) is 16.7 Å². The Balaban J connectivity index is 2.05. The molecule has 0 atom stereocenters. The summed E-state index contributed by atoms with van der Waals surface area (Å²) in [7, 11) is -7.82. The van der Waals surface area contributed by atoms with Crippen LogP contribution in [0.5, 0.6) is 0 Å². The molecule has 0 saturated carbocycles. The van der Waals surface area contributed by atoms with Crippen molar-refractivity contribution in [1.82, 2.24) is 4.98 Å². The number of nitrogens with one attached hydrogen (secondary N) is 1. The van der Waals surface area contributed by atoms with Crippen molar-refractivity contribution in [3.63, 3.8) is 0 Å². The molecule has 11 heteroatoms. The summed E-state index contributed by atoms with van der Waals surface area (Å²) in [6.07, 6.45) is 0. The first-order chi connectivity index (χ1) is 12.1. The Labute approximate surface area is 149 Å². The van der Waals surface area contributed by atoms with Crippen molar-refractivity contribution >= 4 is 36.8 Å². The van der Waals surface area contributed by atoms with Crippen LogP contribution in [0.4, 0.5) is 5.69 Å². The smallest absolute Gasteiger partial charge is 0.408 e. The van der Waals surface area contributed by atoms with E-state index in [0.717, 1.165) is 4.31 Å². The van der Waals surface area contributed by atoms with Gasteiger partial charge in [-0.25, -0.2) is 26.8 Å². The van der Waals surface area contributed by atoms with Gasteiger partial charge >= 0.3 is 5.76 Å². The van der Waals surface area contributed by atoms with Crippen molar-refractivity contribution < 1.29 is 21.3 Å². The van der Waals surface area contributed by atoms with Gasteiger partial charge in [-0.3, -0.25) is 9.29 Å². The molecule has 2 aromatic carbocycles. The topological polar surface area (TPSA) is 144 Å². The van der Waals surface area contributed by atoms with Crippen molar-refractivity contribution in [3.05, 3.63) is 53.0 Å². The maximum Gasteiger partial charge on any atom is 0.417 e. The van der Waals surface area contributed by atoms with E-state index in [9.17, 15) is 21.6 Å². The zero-order valence-electron chi connectivity index (χ0n) is 13.5. The van der Waals surface area contributed by atoms with Gasteiger partial charge in [0.1, 0.15) is 0 Å². The number of H-pyrrole nitrogens is 1. The van der Waals surface area contributed by atoms with E-state index >= 15 is 0 Å². The van der Waals surface area contributed by atoms with Gasteiger partial charge in [-0.15, -0.1) is 0 Å². The first-order valence-electron chi connectivity index (χ1n) is 7.41. The third kappa shape index (κ3) is 3.23. The Morgan fingerprint density at radius 3 is 2.23 bits per heavy atom. The van der Waals surface area contributed by atoms with Crippen LogP contribution in [-0.4, -0.2) is 28.4 Å². The van der Waals surface area contributed by atoms with Crippen LogP contribution in [-0.2, 0) is 20.0 Å². The lowest BCUT2D eigenvalue weighted by Crippen LogP contribution is -2.30. The molecule has 0 saturated heterocycles. The van der Waals surface area contributed by atoms with Gasteiger partial charge in [0.25, 0.3) is 10.0 Å². The predicted octanol–water partition coefficient (Wildman–Crippen LogP) is 0.984. The molecule has 3 aromatic rings. The highest BCUT2D eigenvalue weighted by Crippen LogP contribution is 2.26. The summed E-state index contributed by atoms with van der Waals surface area (Å²) < 4.78 is 54.6. The lowest BCUT2D eigenvalue weighted by Gasteiger charge is -2.23. The van der Waals surface area contributed by atoms with Gasteiger partial charge < -0.3 is 4.42 Å². The van der Waals surface area contributed by atoms with Crippen molar-refractivity contribution in [2.24, 2.45) is 5.14 Å². The standard InChI is InChI=1S/C15H15N3O6S2/c1-2-18(10-3-5-11(6-4-10)25(16,20)21)26(22,23)12-7-8-14-13(9-12)17-15(19)24-14/h3-9H,2H2,1H3,(H,17,19)(H2,16,20,21). The maximum absolute atomic E-state index is 13.0. The molecule has 3 rings (SSSR count). The first kappa shape index (κ1) is 18.2. The molecule has 0 fully saturated rings. The van der Waals surface area contributed by atoms with Crippen LogP contribution in [0.2, 0.25) is 0 Å². The second-order valence-corrected chi connectivity index (χ2v) is 8.80. The number of benzene rings is 2. The molecule has 0 radical (unpaired) electrons. The van der Waals surface area contributed by atoms with Crippen molar-refractivity contribution in [2.75, 3.05) is 10.8 Å².